The molecule has 0 aromatic carbocycles. The molecule has 138 valence electrons. The average molecular weight is 362 g/mol. The Labute approximate surface area is 141 Å². The minimum absolute atomic E-state index is 0.00492. The fourth-order valence-electron chi connectivity index (χ4n) is 2.86. The minimum atomic E-state index is -4.36. The first-order valence-corrected chi connectivity index (χ1v) is 8.19. The van der Waals surface area contributed by atoms with Crippen molar-refractivity contribution in [3.63, 3.8) is 0 Å². The van der Waals surface area contributed by atoms with Gasteiger partial charge in [-0.15, -0.1) is 0 Å². The summed E-state index contributed by atoms with van der Waals surface area (Å²) in [5, 5.41) is 0. The first-order chi connectivity index (χ1) is 11.7. The highest BCUT2D eigenvalue weighted by molar-refractivity contribution is 6.18. The topological polar surface area (TPSA) is 65.3 Å². The van der Waals surface area contributed by atoms with Crippen LogP contribution in [-0.4, -0.2) is 71.8 Å². The second-order valence-corrected chi connectivity index (χ2v) is 6.41. The summed E-state index contributed by atoms with van der Waals surface area (Å²) in [7, 11) is 0. The molecule has 25 heavy (non-hydrogen) atoms. The number of nitrogens with zero attached hydrogens (tertiary/aromatic N) is 4. The molecule has 0 bridgehead atoms. The third kappa shape index (κ3) is 4.35. The molecule has 2 fully saturated rings. The van der Waals surface area contributed by atoms with Crippen molar-refractivity contribution in [2.45, 2.75) is 38.0 Å². The van der Waals surface area contributed by atoms with Gasteiger partial charge in [0.05, 0.1) is 12.1 Å². The number of piperazine rings is 1. The van der Waals surface area contributed by atoms with E-state index in [0.29, 0.717) is 13.1 Å². The Morgan fingerprint density at radius 1 is 1.12 bits per heavy atom. The maximum atomic E-state index is 13.9. The lowest BCUT2D eigenvalue weighted by Crippen LogP contribution is -2.51. The number of hydrogen-bond acceptors (Lipinski definition) is 4. The van der Waals surface area contributed by atoms with E-state index in [-0.39, 0.29) is 30.7 Å². The fraction of sp³-hybridized carbons (Fsp3) is 0.733. The van der Waals surface area contributed by atoms with Crippen molar-refractivity contribution >= 4 is 23.5 Å². The molecule has 0 aromatic heterocycles. The highest BCUT2D eigenvalue weighted by atomic mass is 19.4. The van der Waals surface area contributed by atoms with E-state index >= 15 is 0 Å². The van der Waals surface area contributed by atoms with Gasteiger partial charge in [-0.25, -0.2) is 9.38 Å². The number of carbonyl (C=O) groups is 2. The van der Waals surface area contributed by atoms with Crippen LogP contribution < -0.4 is 0 Å². The Morgan fingerprint density at radius 2 is 1.76 bits per heavy atom. The molecule has 1 atom stereocenters. The van der Waals surface area contributed by atoms with Gasteiger partial charge in [-0.05, 0) is 12.8 Å². The van der Waals surface area contributed by atoms with Gasteiger partial charge in [0, 0.05) is 38.5 Å². The van der Waals surface area contributed by atoms with Crippen molar-refractivity contribution in [1.82, 2.24) is 9.80 Å². The summed E-state index contributed by atoms with van der Waals surface area (Å²) >= 11 is 0. The number of carbonyl (C=O) groups excluding carboxylic acids is 2. The molecule has 0 radical (unpaired) electrons. The van der Waals surface area contributed by atoms with Gasteiger partial charge in [0.2, 0.25) is 18.0 Å². The predicted molar refractivity (Wildman–Crippen MR) is 80.9 cm³/mol. The summed E-state index contributed by atoms with van der Waals surface area (Å²) < 4.78 is 50.4. The number of amides is 2. The molecule has 6 nitrogen and oxygen atoms in total. The van der Waals surface area contributed by atoms with Crippen molar-refractivity contribution in [1.29, 1.82) is 0 Å². The van der Waals surface area contributed by atoms with Gasteiger partial charge in [-0.1, -0.05) is 0 Å². The number of guanidine groups is 1. The van der Waals surface area contributed by atoms with Crippen LogP contribution in [0.25, 0.3) is 0 Å². The van der Waals surface area contributed by atoms with Crippen LogP contribution in [0.2, 0.25) is 0 Å². The highest BCUT2D eigenvalue weighted by Crippen LogP contribution is 2.34. The molecule has 1 unspecified atom stereocenters. The Bertz CT molecular complexity index is 620. The van der Waals surface area contributed by atoms with Crippen LogP contribution in [0.1, 0.15) is 25.7 Å². The molecule has 2 amide bonds. The zero-order chi connectivity index (χ0) is 18.2. The van der Waals surface area contributed by atoms with E-state index in [0.717, 1.165) is 12.8 Å². The number of halogens is 4. The van der Waals surface area contributed by atoms with Crippen LogP contribution in [0.4, 0.5) is 17.6 Å². The molecule has 1 aliphatic carbocycles. The average Bonchev–Trinajstić information content (AvgIpc) is 3.39. The van der Waals surface area contributed by atoms with Gasteiger partial charge in [0.25, 0.3) is 5.91 Å². The van der Waals surface area contributed by atoms with Crippen LogP contribution in [-0.2, 0) is 9.59 Å². The van der Waals surface area contributed by atoms with Crippen LogP contribution >= 0.6 is 0 Å². The standard InChI is InChI=1S/C15H18F4N4O2/c16-11-12(9-1-2-9)20-14(21-13(11)25)23-7-5-22(6-8-23)10(24)3-4-15(17,18)19/h9,11H,1-8H2. The van der Waals surface area contributed by atoms with Gasteiger partial charge in [-0.2, -0.15) is 18.2 Å². The van der Waals surface area contributed by atoms with Crippen LogP contribution in [0.15, 0.2) is 9.98 Å². The Hall–Kier alpha value is -2.00. The lowest BCUT2D eigenvalue weighted by atomic mass is 10.1. The monoisotopic (exact) mass is 362 g/mol. The normalized spacial score (nSPS) is 25.0. The van der Waals surface area contributed by atoms with Gasteiger partial charge >= 0.3 is 6.18 Å². The van der Waals surface area contributed by atoms with E-state index in [1.165, 1.54) is 4.90 Å². The summed E-state index contributed by atoms with van der Waals surface area (Å²) in [5.41, 5.74) is 0.221. The van der Waals surface area contributed by atoms with E-state index in [1.807, 2.05) is 0 Å². The predicted octanol–water partition coefficient (Wildman–Crippen LogP) is 1.56. The van der Waals surface area contributed by atoms with Crippen molar-refractivity contribution in [3.8, 4) is 0 Å². The molecular weight excluding hydrogens is 344 g/mol. The number of hydrogen-bond donors (Lipinski definition) is 0. The van der Waals surface area contributed by atoms with Crippen LogP contribution in [0.3, 0.4) is 0 Å². The Balaban J connectivity index is 1.56. The Kier molecular flexibility index (Phi) is 4.79. The summed E-state index contributed by atoms with van der Waals surface area (Å²) in [5.74, 6) is -1.28. The van der Waals surface area contributed by atoms with Crippen molar-refractivity contribution in [3.05, 3.63) is 0 Å². The first-order valence-electron chi connectivity index (χ1n) is 8.19. The van der Waals surface area contributed by atoms with E-state index in [4.69, 9.17) is 0 Å². The Morgan fingerprint density at radius 3 is 2.32 bits per heavy atom. The molecule has 2 heterocycles. The molecule has 1 saturated heterocycles. The van der Waals surface area contributed by atoms with Crippen LogP contribution in [0, 0.1) is 5.92 Å². The molecule has 3 aliphatic rings. The lowest BCUT2D eigenvalue weighted by Gasteiger charge is -2.36. The summed E-state index contributed by atoms with van der Waals surface area (Å²) in [6.45, 7) is 1.03. The lowest BCUT2D eigenvalue weighted by molar-refractivity contribution is -0.149. The van der Waals surface area contributed by atoms with Crippen molar-refractivity contribution < 1.29 is 27.2 Å². The maximum absolute atomic E-state index is 13.9. The second kappa shape index (κ2) is 6.72. The van der Waals surface area contributed by atoms with Gasteiger partial charge in [-0.3, -0.25) is 9.59 Å². The van der Waals surface area contributed by atoms with Gasteiger partial charge in [0.15, 0.2) is 0 Å². The largest absolute Gasteiger partial charge is 0.389 e. The van der Waals surface area contributed by atoms with E-state index in [2.05, 4.69) is 9.98 Å². The van der Waals surface area contributed by atoms with E-state index < -0.39 is 37.0 Å². The number of rotatable bonds is 3. The van der Waals surface area contributed by atoms with E-state index in [9.17, 15) is 27.2 Å². The molecule has 3 rings (SSSR count). The third-order valence-corrected chi connectivity index (χ3v) is 4.45. The number of aliphatic imine (C=N–C) groups is 2. The smallest absolute Gasteiger partial charge is 0.339 e. The van der Waals surface area contributed by atoms with Crippen LogP contribution in [0.5, 0.6) is 0 Å². The van der Waals surface area contributed by atoms with E-state index in [1.54, 1.807) is 4.90 Å². The quantitative estimate of drug-likeness (QED) is 0.716. The van der Waals surface area contributed by atoms with Gasteiger partial charge < -0.3 is 9.80 Å². The molecule has 10 heteroatoms. The maximum Gasteiger partial charge on any atom is 0.389 e. The summed E-state index contributed by atoms with van der Waals surface area (Å²) in [6, 6.07) is 0. The zero-order valence-corrected chi connectivity index (χ0v) is 13.4. The highest BCUT2D eigenvalue weighted by Gasteiger charge is 2.40. The molecule has 0 N–H and O–H groups in total. The fourth-order valence-corrected chi connectivity index (χ4v) is 2.86. The molecule has 0 aromatic rings. The van der Waals surface area contributed by atoms with Gasteiger partial charge in [0.1, 0.15) is 0 Å². The number of alkyl halides is 4. The summed E-state index contributed by atoms with van der Waals surface area (Å²) in [6.07, 6.45) is -6.23. The molecule has 1 saturated carbocycles. The second-order valence-electron chi connectivity index (χ2n) is 6.41. The third-order valence-electron chi connectivity index (χ3n) is 4.45. The van der Waals surface area contributed by atoms with Crippen molar-refractivity contribution in [2.75, 3.05) is 26.2 Å². The minimum Gasteiger partial charge on any atom is -0.339 e. The first kappa shape index (κ1) is 17.8. The molecule has 0 spiro atoms. The zero-order valence-electron chi connectivity index (χ0n) is 13.4. The SMILES string of the molecule is O=C1N=C(N2CCN(C(=O)CCC(F)(F)F)CC2)N=C(C2CC2)C1F. The molecular formula is C15H18F4N4O2. The van der Waals surface area contributed by atoms with Crippen molar-refractivity contribution in [2.24, 2.45) is 15.9 Å². The molecule has 2 aliphatic heterocycles. The summed E-state index contributed by atoms with van der Waals surface area (Å²) in [4.78, 5) is 34.4.